The monoisotopic (exact) mass is 811 g/mol. The van der Waals surface area contributed by atoms with Crippen molar-refractivity contribution in [3.05, 3.63) is 36.5 Å². The first kappa shape index (κ1) is 57.2. The van der Waals surface area contributed by atoms with Crippen molar-refractivity contribution in [2.75, 3.05) is 0 Å². The summed E-state index contributed by atoms with van der Waals surface area (Å²) in [5.41, 5.74) is 0. The van der Waals surface area contributed by atoms with Crippen LogP contribution in [0.15, 0.2) is 36.5 Å². The number of allylic oxidation sites excluding steroid dienone is 6. The maximum Gasteiger partial charge on any atom is 0.0540 e. The molecule has 0 radical (unpaired) electrons. The summed E-state index contributed by atoms with van der Waals surface area (Å²) in [6.45, 7) is 4.60. The second-order valence-electron chi connectivity index (χ2n) is 18.8. The average molecular weight is 812 g/mol. The minimum atomic E-state index is -0.0451. The summed E-state index contributed by atoms with van der Waals surface area (Å²) in [4.78, 5) is 0. The summed E-state index contributed by atoms with van der Waals surface area (Å²) in [5, 5.41) is 10.4. The maximum absolute atomic E-state index is 10.4. The lowest BCUT2D eigenvalue weighted by Crippen LogP contribution is -2.05. The number of aliphatic hydroxyl groups excluding tert-OH is 1. The normalized spacial score (nSPS) is 12.7. The molecule has 0 bridgehead atoms. The van der Waals surface area contributed by atoms with Crippen LogP contribution < -0.4 is 0 Å². The smallest absolute Gasteiger partial charge is 0.0540 e. The zero-order chi connectivity index (χ0) is 41.8. The topological polar surface area (TPSA) is 20.2 Å². The van der Waals surface area contributed by atoms with Crippen molar-refractivity contribution in [1.29, 1.82) is 0 Å². The van der Waals surface area contributed by atoms with Crippen LogP contribution in [0.2, 0.25) is 0 Å². The molecular weight excluding hydrogens is 701 g/mol. The Bertz CT molecular complexity index is 793. The van der Waals surface area contributed by atoms with Gasteiger partial charge in [0.25, 0.3) is 0 Å². The molecule has 0 aromatic rings. The van der Waals surface area contributed by atoms with E-state index in [-0.39, 0.29) is 6.10 Å². The van der Waals surface area contributed by atoms with Gasteiger partial charge in [0.05, 0.1) is 6.10 Å². The number of rotatable bonds is 51. The molecule has 1 nitrogen and oxygen atoms in total. The van der Waals surface area contributed by atoms with E-state index in [2.05, 4.69) is 50.3 Å². The molecule has 0 heterocycles. The Labute approximate surface area is 368 Å². The molecular formula is C57H110O. The van der Waals surface area contributed by atoms with Crippen molar-refractivity contribution in [3.8, 4) is 0 Å². The van der Waals surface area contributed by atoms with Crippen LogP contribution in [0.5, 0.6) is 0 Å². The van der Waals surface area contributed by atoms with Gasteiger partial charge in [-0.3, -0.25) is 0 Å². The van der Waals surface area contributed by atoms with Crippen LogP contribution in [0.3, 0.4) is 0 Å². The molecule has 0 aromatic heterocycles. The van der Waals surface area contributed by atoms with Crippen LogP contribution in [0, 0.1) is 0 Å². The van der Waals surface area contributed by atoms with Crippen LogP contribution in [0.1, 0.15) is 322 Å². The Morgan fingerprint density at radius 2 is 0.431 bits per heavy atom. The number of aliphatic hydroxyl groups is 1. The molecule has 1 atom stereocenters. The number of unbranched alkanes of at least 4 members (excludes halogenated alkanes) is 41. The molecule has 0 saturated heterocycles. The third kappa shape index (κ3) is 53.2. The largest absolute Gasteiger partial charge is 0.393 e. The molecule has 0 aliphatic heterocycles. The summed E-state index contributed by atoms with van der Waals surface area (Å²) >= 11 is 0. The molecule has 0 spiro atoms. The molecule has 0 aromatic carbocycles. The lowest BCUT2D eigenvalue weighted by molar-refractivity contribution is 0.147. The highest BCUT2D eigenvalue weighted by atomic mass is 16.3. The van der Waals surface area contributed by atoms with E-state index in [1.165, 1.54) is 289 Å². The van der Waals surface area contributed by atoms with Gasteiger partial charge in [0, 0.05) is 0 Å². The van der Waals surface area contributed by atoms with Gasteiger partial charge >= 0.3 is 0 Å². The predicted octanol–water partition coefficient (Wildman–Crippen LogP) is 20.8. The predicted molar refractivity (Wildman–Crippen MR) is 266 cm³/mol. The van der Waals surface area contributed by atoms with Gasteiger partial charge in [-0.2, -0.15) is 0 Å². The second-order valence-corrected chi connectivity index (χ2v) is 18.8. The SMILES string of the molecule is CCCCCCCCCCCCCCCC=CCCCCCCC=CCC=CCCCCCCCCCCCCCC(O)CCCCCCCCCCCCCCC. The molecule has 1 unspecified atom stereocenters. The zero-order valence-corrected chi connectivity index (χ0v) is 40.4. The van der Waals surface area contributed by atoms with Gasteiger partial charge in [-0.15, -0.1) is 0 Å². The molecule has 0 aliphatic rings. The molecule has 1 heteroatoms. The third-order valence-electron chi connectivity index (χ3n) is 12.8. The van der Waals surface area contributed by atoms with Gasteiger partial charge in [0.2, 0.25) is 0 Å². The summed E-state index contributed by atoms with van der Waals surface area (Å²) in [6.07, 6.45) is 80.4. The highest BCUT2D eigenvalue weighted by Crippen LogP contribution is 2.18. The fraction of sp³-hybridized carbons (Fsp3) is 0.895. The quantitative estimate of drug-likeness (QED) is 0.0479. The summed E-state index contributed by atoms with van der Waals surface area (Å²) in [5.74, 6) is 0. The van der Waals surface area contributed by atoms with E-state index in [9.17, 15) is 5.11 Å². The highest BCUT2D eigenvalue weighted by molar-refractivity contribution is 4.92. The minimum Gasteiger partial charge on any atom is -0.393 e. The fourth-order valence-corrected chi connectivity index (χ4v) is 8.68. The zero-order valence-electron chi connectivity index (χ0n) is 40.4. The Morgan fingerprint density at radius 1 is 0.241 bits per heavy atom. The first-order valence-electron chi connectivity index (χ1n) is 27.4. The van der Waals surface area contributed by atoms with Crippen molar-refractivity contribution in [3.63, 3.8) is 0 Å². The molecule has 0 fully saturated rings. The summed E-state index contributed by atoms with van der Waals surface area (Å²) < 4.78 is 0. The van der Waals surface area contributed by atoms with Crippen molar-refractivity contribution in [2.24, 2.45) is 0 Å². The van der Waals surface area contributed by atoms with Crippen molar-refractivity contribution < 1.29 is 5.11 Å². The number of hydrogen-bond acceptors (Lipinski definition) is 1. The van der Waals surface area contributed by atoms with Crippen LogP contribution >= 0.6 is 0 Å². The molecule has 0 aliphatic carbocycles. The van der Waals surface area contributed by atoms with E-state index in [4.69, 9.17) is 0 Å². The van der Waals surface area contributed by atoms with Crippen molar-refractivity contribution >= 4 is 0 Å². The number of hydrogen-bond donors (Lipinski definition) is 1. The van der Waals surface area contributed by atoms with E-state index in [1.54, 1.807) is 0 Å². The Kier molecular flexibility index (Phi) is 53.4. The van der Waals surface area contributed by atoms with Crippen LogP contribution in [0.25, 0.3) is 0 Å². The van der Waals surface area contributed by atoms with Gasteiger partial charge in [-0.25, -0.2) is 0 Å². The van der Waals surface area contributed by atoms with Crippen molar-refractivity contribution in [2.45, 2.75) is 328 Å². The second kappa shape index (κ2) is 54.2. The molecule has 1 N–H and O–H groups in total. The van der Waals surface area contributed by atoms with Gasteiger partial charge in [0.15, 0.2) is 0 Å². The molecule has 0 amide bonds. The summed E-state index contributed by atoms with van der Waals surface area (Å²) in [7, 11) is 0. The van der Waals surface area contributed by atoms with Crippen LogP contribution in [0.4, 0.5) is 0 Å². The minimum absolute atomic E-state index is 0.0451. The Morgan fingerprint density at radius 3 is 0.672 bits per heavy atom. The average Bonchev–Trinajstić information content (AvgIpc) is 3.23. The fourth-order valence-electron chi connectivity index (χ4n) is 8.68. The maximum atomic E-state index is 10.4. The van der Waals surface area contributed by atoms with Gasteiger partial charge < -0.3 is 5.11 Å². The third-order valence-corrected chi connectivity index (χ3v) is 12.8. The standard InChI is InChI=1S/C57H110O/c1-3-5-7-9-11-13-15-17-18-19-20-21-22-23-24-25-26-27-28-29-30-31-32-33-34-35-36-37-38-39-40-41-42-44-46-48-50-52-54-56-57(58)55-53-51-49-47-45-43-16-14-12-10-8-6-4-2/h24-25,32-33,35-36,57-58H,3-23,26-31,34,37-56H2,1-2H3. The molecule has 344 valence electrons. The van der Waals surface area contributed by atoms with E-state index < -0.39 is 0 Å². The first-order chi connectivity index (χ1) is 28.8. The Balaban J connectivity index is 3.24. The molecule has 58 heavy (non-hydrogen) atoms. The summed E-state index contributed by atoms with van der Waals surface area (Å²) in [6, 6.07) is 0. The van der Waals surface area contributed by atoms with E-state index >= 15 is 0 Å². The lowest BCUT2D eigenvalue weighted by Gasteiger charge is -2.10. The highest BCUT2D eigenvalue weighted by Gasteiger charge is 2.04. The van der Waals surface area contributed by atoms with Gasteiger partial charge in [-0.1, -0.05) is 288 Å². The van der Waals surface area contributed by atoms with Crippen LogP contribution in [-0.4, -0.2) is 11.2 Å². The van der Waals surface area contributed by atoms with Gasteiger partial charge in [-0.05, 0) is 70.6 Å². The van der Waals surface area contributed by atoms with E-state index in [0.29, 0.717) is 0 Å². The van der Waals surface area contributed by atoms with Crippen molar-refractivity contribution in [1.82, 2.24) is 0 Å². The lowest BCUT2D eigenvalue weighted by atomic mass is 10.0. The molecule has 0 saturated carbocycles. The first-order valence-corrected chi connectivity index (χ1v) is 27.4. The Hall–Kier alpha value is -0.820. The van der Waals surface area contributed by atoms with E-state index in [0.717, 1.165) is 19.3 Å². The molecule has 0 rings (SSSR count). The van der Waals surface area contributed by atoms with Crippen LogP contribution in [-0.2, 0) is 0 Å². The van der Waals surface area contributed by atoms with E-state index in [1.807, 2.05) is 0 Å². The van der Waals surface area contributed by atoms with Gasteiger partial charge in [0.1, 0.15) is 0 Å².